The summed E-state index contributed by atoms with van der Waals surface area (Å²) in [7, 11) is -3.71. The number of rotatable bonds is 11. The van der Waals surface area contributed by atoms with Crippen molar-refractivity contribution in [2.45, 2.75) is 48.7 Å². The lowest BCUT2D eigenvalue weighted by Gasteiger charge is -2.19. The summed E-state index contributed by atoms with van der Waals surface area (Å²) in [5.74, 6) is -0.134. The van der Waals surface area contributed by atoms with Crippen molar-refractivity contribution in [1.29, 1.82) is 0 Å². The van der Waals surface area contributed by atoms with Gasteiger partial charge in [0.05, 0.1) is 15.9 Å². The lowest BCUT2D eigenvalue weighted by Crippen LogP contribution is -2.27. The van der Waals surface area contributed by atoms with E-state index in [1.165, 1.54) is 24.3 Å². The summed E-state index contributed by atoms with van der Waals surface area (Å²) in [6.07, 6.45) is 0.00652. The number of benzene rings is 3. The Morgan fingerprint density at radius 3 is 2.22 bits per heavy atom. The van der Waals surface area contributed by atoms with Crippen molar-refractivity contribution in [2.75, 3.05) is 19.7 Å². The number of hydrogen-bond donors (Lipinski definition) is 2. The van der Waals surface area contributed by atoms with Gasteiger partial charge in [-0.3, -0.25) is 0 Å². The third-order valence-corrected chi connectivity index (χ3v) is 7.33. The molecule has 0 aliphatic heterocycles. The average molecular weight is 546 g/mol. The summed E-state index contributed by atoms with van der Waals surface area (Å²) in [6, 6.07) is 19.7. The van der Waals surface area contributed by atoms with Gasteiger partial charge in [0.1, 0.15) is 11.4 Å². The number of ether oxygens (including phenoxy) is 2. The van der Waals surface area contributed by atoms with Gasteiger partial charge in [0.25, 0.3) is 0 Å². The normalized spacial score (nSPS) is 12.7. The molecule has 1 unspecified atom stereocenters. The van der Waals surface area contributed by atoms with E-state index in [2.05, 4.69) is 5.32 Å². The third kappa shape index (κ3) is 8.86. The number of nitrogens with one attached hydrogen (secondary N) is 1. The zero-order valence-electron chi connectivity index (χ0n) is 21.1. The minimum Gasteiger partial charge on any atom is -0.482 e. The minimum absolute atomic E-state index is 0.126. The molecule has 0 heterocycles. The van der Waals surface area contributed by atoms with Crippen LogP contribution in [0.2, 0.25) is 5.02 Å². The second-order valence-electron chi connectivity index (χ2n) is 9.52. The van der Waals surface area contributed by atoms with Gasteiger partial charge in [-0.25, -0.2) is 13.2 Å². The predicted octanol–water partition coefficient (Wildman–Crippen LogP) is 4.76. The highest BCUT2D eigenvalue weighted by Gasteiger charge is 2.19. The first-order chi connectivity index (χ1) is 17.4. The Morgan fingerprint density at radius 2 is 1.62 bits per heavy atom. The molecule has 1 atom stereocenters. The molecule has 0 fully saturated rings. The summed E-state index contributed by atoms with van der Waals surface area (Å²) >= 11 is 5.97. The molecule has 0 aliphatic rings. The van der Waals surface area contributed by atoms with Crippen LogP contribution in [0.3, 0.4) is 0 Å². The maximum atomic E-state index is 13.0. The lowest BCUT2D eigenvalue weighted by atomic mass is 10.1. The first-order valence-corrected chi connectivity index (χ1v) is 13.7. The maximum Gasteiger partial charge on any atom is 0.344 e. The summed E-state index contributed by atoms with van der Waals surface area (Å²) in [6.45, 7) is 6.04. The summed E-state index contributed by atoms with van der Waals surface area (Å²) < 4.78 is 36.6. The molecule has 0 aromatic heterocycles. The number of carbonyl (C=O) groups is 1. The summed E-state index contributed by atoms with van der Waals surface area (Å²) in [5.41, 5.74) is 1.11. The number of aliphatic hydroxyl groups is 1. The van der Waals surface area contributed by atoms with Crippen LogP contribution in [0.4, 0.5) is 0 Å². The van der Waals surface area contributed by atoms with Gasteiger partial charge in [0, 0.05) is 11.6 Å². The van der Waals surface area contributed by atoms with E-state index in [1.54, 1.807) is 63.2 Å². The smallest absolute Gasteiger partial charge is 0.344 e. The lowest BCUT2D eigenvalue weighted by molar-refractivity contribution is -0.157. The Kier molecular flexibility index (Phi) is 9.73. The Labute approximate surface area is 223 Å². The van der Waals surface area contributed by atoms with E-state index in [0.29, 0.717) is 30.3 Å². The summed E-state index contributed by atoms with van der Waals surface area (Å²) in [5, 5.41) is 14.1. The van der Waals surface area contributed by atoms with Crippen molar-refractivity contribution in [3.05, 3.63) is 88.9 Å². The van der Waals surface area contributed by atoms with E-state index < -0.39 is 27.5 Å². The van der Waals surface area contributed by atoms with E-state index in [4.69, 9.17) is 21.1 Å². The molecule has 37 heavy (non-hydrogen) atoms. The van der Waals surface area contributed by atoms with Crippen LogP contribution in [0, 0.1) is 0 Å². The number of carbonyl (C=O) groups excluding carboxylic acids is 1. The average Bonchev–Trinajstić information content (AvgIpc) is 2.85. The molecular formula is C28H32ClNO6S. The second-order valence-corrected chi connectivity index (χ2v) is 11.9. The van der Waals surface area contributed by atoms with Gasteiger partial charge in [-0.15, -0.1) is 0 Å². The zero-order valence-corrected chi connectivity index (χ0v) is 22.7. The second kappa shape index (κ2) is 12.6. The van der Waals surface area contributed by atoms with Crippen LogP contribution in [0.15, 0.2) is 82.6 Å². The SMILES string of the molecule is CC(C)(C)OC(=O)COc1ccc(S(=O)(=O)c2ccc(CCNCC(O)c3cccc(Cl)c3)cc2)cc1. The molecule has 0 bridgehead atoms. The Balaban J connectivity index is 1.50. The molecular weight excluding hydrogens is 514 g/mol. The molecule has 0 amide bonds. The molecule has 198 valence electrons. The molecule has 0 saturated heterocycles. The topological polar surface area (TPSA) is 102 Å². The van der Waals surface area contributed by atoms with E-state index in [9.17, 15) is 18.3 Å². The minimum atomic E-state index is -3.71. The molecule has 0 spiro atoms. The first kappa shape index (κ1) is 28.7. The fourth-order valence-corrected chi connectivity index (χ4v) is 4.96. The van der Waals surface area contributed by atoms with E-state index in [-0.39, 0.29) is 16.4 Å². The largest absolute Gasteiger partial charge is 0.482 e. The van der Waals surface area contributed by atoms with Crippen molar-refractivity contribution in [3.8, 4) is 5.75 Å². The molecule has 0 saturated carbocycles. The predicted molar refractivity (Wildman–Crippen MR) is 143 cm³/mol. The highest BCUT2D eigenvalue weighted by molar-refractivity contribution is 7.91. The number of sulfone groups is 1. The van der Waals surface area contributed by atoms with Crippen LogP contribution in [0.5, 0.6) is 5.75 Å². The fourth-order valence-electron chi connectivity index (χ4n) is 3.50. The number of halogens is 1. The van der Waals surface area contributed by atoms with Crippen LogP contribution < -0.4 is 10.1 Å². The molecule has 9 heteroatoms. The molecule has 3 rings (SSSR count). The van der Waals surface area contributed by atoms with Crippen molar-refractivity contribution in [1.82, 2.24) is 5.32 Å². The van der Waals surface area contributed by atoms with Gasteiger partial charge in [0.15, 0.2) is 6.61 Å². The van der Waals surface area contributed by atoms with Crippen LogP contribution in [0.1, 0.15) is 38.0 Å². The van der Waals surface area contributed by atoms with Crippen molar-refractivity contribution >= 4 is 27.4 Å². The van der Waals surface area contributed by atoms with Gasteiger partial charge in [-0.05, 0) is 93.4 Å². The zero-order chi connectivity index (χ0) is 27.1. The monoisotopic (exact) mass is 545 g/mol. The quantitative estimate of drug-likeness (QED) is 0.264. The molecule has 3 aromatic rings. The molecule has 0 aliphatic carbocycles. The number of aliphatic hydroxyl groups excluding tert-OH is 1. The van der Waals surface area contributed by atoms with Gasteiger partial charge in [-0.2, -0.15) is 0 Å². The van der Waals surface area contributed by atoms with E-state index in [0.717, 1.165) is 11.1 Å². The van der Waals surface area contributed by atoms with E-state index in [1.807, 2.05) is 6.07 Å². The number of esters is 1. The number of hydrogen-bond acceptors (Lipinski definition) is 7. The molecule has 3 aromatic carbocycles. The summed E-state index contributed by atoms with van der Waals surface area (Å²) in [4.78, 5) is 12.1. The Morgan fingerprint density at radius 1 is 1.00 bits per heavy atom. The van der Waals surface area contributed by atoms with Crippen LogP contribution in [0.25, 0.3) is 0 Å². The van der Waals surface area contributed by atoms with Crippen LogP contribution in [-0.4, -0.2) is 44.8 Å². The molecule has 0 radical (unpaired) electrons. The van der Waals surface area contributed by atoms with Crippen LogP contribution in [-0.2, 0) is 25.8 Å². The van der Waals surface area contributed by atoms with Gasteiger partial charge in [0.2, 0.25) is 9.84 Å². The fraction of sp³-hybridized carbons (Fsp3) is 0.321. The highest BCUT2D eigenvalue weighted by Crippen LogP contribution is 2.24. The van der Waals surface area contributed by atoms with Crippen molar-refractivity contribution in [3.63, 3.8) is 0 Å². The van der Waals surface area contributed by atoms with Crippen molar-refractivity contribution in [2.24, 2.45) is 0 Å². The van der Waals surface area contributed by atoms with Crippen molar-refractivity contribution < 1.29 is 27.8 Å². The Bertz CT molecular complexity index is 1290. The highest BCUT2D eigenvalue weighted by atomic mass is 35.5. The third-order valence-electron chi connectivity index (χ3n) is 5.31. The first-order valence-electron chi connectivity index (χ1n) is 11.9. The molecule has 2 N–H and O–H groups in total. The maximum absolute atomic E-state index is 13.0. The standard InChI is InChI=1S/C28H32ClNO6S/c1-28(2,3)36-27(32)19-35-23-9-13-25(14-10-23)37(33,34)24-11-7-20(8-12-24)15-16-30-18-26(31)21-5-4-6-22(29)17-21/h4-14,17,26,30-31H,15-16,18-19H2,1-3H3. The van der Waals surface area contributed by atoms with E-state index >= 15 is 0 Å². The van der Waals surface area contributed by atoms with Crippen LogP contribution >= 0.6 is 11.6 Å². The van der Waals surface area contributed by atoms with Gasteiger partial charge < -0.3 is 19.9 Å². The Hall–Kier alpha value is -2.91. The molecule has 7 nitrogen and oxygen atoms in total. The van der Waals surface area contributed by atoms with Gasteiger partial charge in [-0.1, -0.05) is 35.9 Å². The van der Waals surface area contributed by atoms with Gasteiger partial charge >= 0.3 is 5.97 Å².